The molecule has 5 nitrogen and oxygen atoms in total. The number of alkyl halides is 6. The molecule has 161 valence electrons. The van der Waals surface area contributed by atoms with Gasteiger partial charge < -0.3 is 20.0 Å². The number of benzene rings is 1. The summed E-state index contributed by atoms with van der Waals surface area (Å²) in [4.78, 5) is 15.9. The van der Waals surface area contributed by atoms with E-state index in [9.17, 15) is 31.1 Å². The van der Waals surface area contributed by atoms with E-state index in [-0.39, 0.29) is 38.8 Å². The molecule has 0 aliphatic carbocycles. The Kier molecular flexibility index (Phi) is 9.71. The molecule has 0 spiro atoms. The Hall–Kier alpha value is -1.04. The van der Waals surface area contributed by atoms with Crippen LogP contribution in [-0.2, 0) is 49.9 Å². The predicted molar refractivity (Wildman–Crippen MR) is 90.8 cm³/mol. The third kappa shape index (κ3) is 8.31. The molecule has 1 radical (unpaired) electrons. The fraction of sp³-hybridized carbons (Fsp3) is 0.529. The zero-order valence-corrected chi connectivity index (χ0v) is 18.5. The van der Waals surface area contributed by atoms with E-state index in [1.54, 1.807) is 4.90 Å². The van der Waals surface area contributed by atoms with Crippen molar-refractivity contribution in [3.8, 4) is 0 Å². The van der Waals surface area contributed by atoms with Gasteiger partial charge in [-0.3, -0.25) is 5.43 Å². The monoisotopic (exact) mass is 500 g/mol. The van der Waals surface area contributed by atoms with E-state index in [2.05, 4.69) is 22.7 Å². The van der Waals surface area contributed by atoms with Crippen molar-refractivity contribution in [2.75, 3.05) is 38.1 Å². The zero-order valence-electron chi connectivity index (χ0n) is 15.7. The van der Waals surface area contributed by atoms with Crippen LogP contribution in [-0.4, -0.2) is 48.4 Å². The molecule has 1 aromatic carbocycles. The van der Waals surface area contributed by atoms with E-state index in [0.29, 0.717) is 25.2 Å². The van der Waals surface area contributed by atoms with Crippen LogP contribution < -0.4 is 10.9 Å². The summed E-state index contributed by atoms with van der Waals surface area (Å²) in [6.07, 6.45) is -8.89. The maximum Gasteiger partial charge on any atom is 0.416 e. The summed E-state index contributed by atoms with van der Waals surface area (Å²) in [5.41, 5.74) is 0.783. The van der Waals surface area contributed by atoms with Gasteiger partial charge in [0, 0.05) is 45.8 Å². The Labute approximate surface area is 190 Å². The molecule has 2 rings (SSSR count). The summed E-state index contributed by atoms with van der Waals surface area (Å²) in [5.74, 6) is -0.671. The van der Waals surface area contributed by atoms with Gasteiger partial charge in [-0.05, 0) is 44.3 Å². The first kappa shape index (κ1) is 26.0. The third-order valence-electron chi connectivity index (χ3n) is 4.16. The average molecular weight is 500 g/mol. The number of nitrogens with one attached hydrogen (secondary N) is 2. The van der Waals surface area contributed by atoms with Crippen molar-refractivity contribution in [1.29, 1.82) is 0 Å². The number of carbonyl (C=O) groups is 1. The molecular formula is C17H21F6N4OY-. The maximum absolute atomic E-state index is 12.8. The van der Waals surface area contributed by atoms with Crippen LogP contribution in [0.5, 0.6) is 0 Å². The van der Waals surface area contributed by atoms with Gasteiger partial charge in [-0.2, -0.15) is 26.3 Å². The standard InChI is InChI=1S/C17H21F6N4O.Y/c1-2-3-26-4-6-27(7-5-26)11-15(28)25-24-14-9-12(16(18,19)20)8-13(10-14)17(21,22)23;/h8-11,24H,2-7H2,1H3,(H,25,28);/q-1;. The molecule has 2 N–H and O–H groups in total. The Morgan fingerprint density at radius 1 is 1.00 bits per heavy atom. The molecule has 0 aromatic heterocycles. The van der Waals surface area contributed by atoms with Gasteiger partial charge in [-0.1, -0.05) is 6.92 Å². The van der Waals surface area contributed by atoms with E-state index < -0.39 is 35.1 Å². The molecule has 0 saturated carbocycles. The zero-order chi connectivity index (χ0) is 20.9. The van der Waals surface area contributed by atoms with E-state index in [4.69, 9.17) is 0 Å². The van der Waals surface area contributed by atoms with Crippen LogP contribution in [0.15, 0.2) is 18.2 Å². The first-order chi connectivity index (χ1) is 13.0. The molecule has 0 bridgehead atoms. The Morgan fingerprint density at radius 2 is 1.52 bits per heavy atom. The number of halogens is 6. The minimum Gasteiger partial charge on any atom is -0.430 e. The third-order valence-corrected chi connectivity index (χ3v) is 4.16. The number of anilines is 1. The Bertz CT molecular complexity index is 643. The first-order valence-electron chi connectivity index (χ1n) is 8.66. The van der Waals surface area contributed by atoms with E-state index >= 15 is 0 Å². The van der Waals surface area contributed by atoms with Gasteiger partial charge in [-0.15, -0.1) is 0 Å². The fourth-order valence-corrected chi connectivity index (χ4v) is 2.79. The number of nitrogens with zero attached hydrogens (tertiary/aromatic N) is 2. The molecule has 1 heterocycles. The van der Waals surface area contributed by atoms with Crippen LogP contribution in [0.3, 0.4) is 0 Å². The van der Waals surface area contributed by atoms with Gasteiger partial charge in [0.2, 0.25) is 0 Å². The summed E-state index contributed by atoms with van der Waals surface area (Å²) in [7, 11) is 0. The molecule has 1 aromatic rings. The molecule has 0 atom stereocenters. The Balaban J connectivity index is 0.00000420. The van der Waals surface area contributed by atoms with Crippen molar-refractivity contribution in [1.82, 2.24) is 15.2 Å². The minimum atomic E-state index is -4.95. The van der Waals surface area contributed by atoms with Crippen LogP contribution >= 0.6 is 0 Å². The summed E-state index contributed by atoms with van der Waals surface area (Å²) in [5, 5.41) is 0. The number of piperazine rings is 1. The number of rotatable bonds is 6. The molecule has 1 saturated heterocycles. The van der Waals surface area contributed by atoms with Gasteiger partial charge in [0.05, 0.1) is 16.8 Å². The van der Waals surface area contributed by atoms with E-state index in [1.165, 1.54) is 6.54 Å². The second-order valence-corrected chi connectivity index (χ2v) is 6.42. The molecule has 1 amide bonds. The predicted octanol–water partition coefficient (Wildman–Crippen LogP) is 3.35. The summed E-state index contributed by atoms with van der Waals surface area (Å²) < 4.78 is 77.0. The van der Waals surface area contributed by atoms with Crippen LogP contribution in [0.4, 0.5) is 32.0 Å². The van der Waals surface area contributed by atoms with Crippen molar-refractivity contribution >= 4 is 11.6 Å². The molecular weight excluding hydrogens is 479 g/mol. The van der Waals surface area contributed by atoms with Gasteiger partial charge in [0.25, 0.3) is 0 Å². The number of hydrazine groups is 1. The Morgan fingerprint density at radius 3 is 1.97 bits per heavy atom. The van der Waals surface area contributed by atoms with Gasteiger partial charge in [0.15, 0.2) is 0 Å². The van der Waals surface area contributed by atoms with Crippen LogP contribution in [0, 0.1) is 6.54 Å². The van der Waals surface area contributed by atoms with Gasteiger partial charge >= 0.3 is 12.4 Å². The summed E-state index contributed by atoms with van der Waals surface area (Å²) in [6.45, 7) is 7.02. The van der Waals surface area contributed by atoms with Crippen LogP contribution in [0.25, 0.3) is 0 Å². The first-order valence-corrected chi connectivity index (χ1v) is 8.66. The van der Waals surface area contributed by atoms with Crippen molar-refractivity contribution in [2.45, 2.75) is 25.7 Å². The normalized spacial score (nSPS) is 16.1. The van der Waals surface area contributed by atoms with Gasteiger partial charge in [0.1, 0.15) is 5.91 Å². The summed E-state index contributed by atoms with van der Waals surface area (Å²) in [6, 6.07) is 1.02. The van der Waals surface area contributed by atoms with Crippen molar-refractivity contribution in [2.24, 2.45) is 0 Å². The van der Waals surface area contributed by atoms with Crippen LogP contribution in [0.2, 0.25) is 0 Å². The second-order valence-electron chi connectivity index (χ2n) is 6.42. The smallest absolute Gasteiger partial charge is 0.416 e. The molecule has 1 aliphatic heterocycles. The second kappa shape index (κ2) is 10.8. The van der Waals surface area contributed by atoms with Crippen molar-refractivity contribution in [3.05, 3.63) is 35.9 Å². The van der Waals surface area contributed by atoms with E-state index in [0.717, 1.165) is 26.1 Å². The van der Waals surface area contributed by atoms with E-state index in [1.807, 2.05) is 0 Å². The largest absolute Gasteiger partial charge is 0.430 e. The SMILES string of the molecule is CCCN1CCN([CH-]C(=O)NNc2cc(C(F)(F)F)cc(C(F)(F)F)c2)CC1.[Y]. The molecule has 1 fully saturated rings. The quantitative estimate of drug-likeness (QED) is 0.358. The number of amides is 1. The number of hydrogen-bond donors (Lipinski definition) is 2. The van der Waals surface area contributed by atoms with Crippen molar-refractivity contribution in [3.63, 3.8) is 0 Å². The maximum atomic E-state index is 12.8. The topological polar surface area (TPSA) is 47.6 Å². The van der Waals surface area contributed by atoms with Gasteiger partial charge in [-0.25, -0.2) is 6.54 Å². The molecule has 0 unspecified atom stereocenters. The minimum absolute atomic E-state index is 0. The number of hydrogen-bond acceptors (Lipinski definition) is 4. The van der Waals surface area contributed by atoms with Crippen LogP contribution in [0.1, 0.15) is 24.5 Å². The fourth-order valence-electron chi connectivity index (χ4n) is 2.79. The number of carbonyl (C=O) groups excluding carboxylic acids is 1. The molecule has 29 heavy (non-hydrogen) atoms. The molecule has 12 heteroatoms. The molecule has 1 aliphatic rings. The van der Waals surface area contributed by atoms with Crippen molar-refractivity contribution < 1.29 is 63.8 Å². The average Bonchev–Trinajstić information content (AvgIpc) is 2.60. The summed E-state index contributed by atoms with van der Waals surface area (Å²) >= 11 is 0.